The summed E-state index contributed by atoms with van der Waals surface area (Å²) in [5, 5.41) is 0. The molecule has 3 rings (SSSR count). The van der Waals surface area contributed by atoms with Crippen LogP contribution in [0.2, 0.25) is 0 Å². The van der Waals surface area contributed by atoms with Gasteiger partial charge in [-0.15, -0.1) is 0 Å². The molecule has 1 aliphatic rings. The highest BCUT2D eigenvalue weighted by Crippen LogP contribution is 2.38. The second-order valence-electron chi connectivity index (χ2n) is 4.14. The summed E-state index contributed by atoms with van der Waals surface area (Å²) >= 11 is 0. The van der Waals surface area contributed by atoms with Crippen molar-refractivity contribution in [2.75, 3.05) is 13.2 Å². The van der Waals surface area contributed by atoms with E-state index in [1.165, 1.54) is 0 Å². The van der Waals surface area contributed by atoms with Gasteiger partial charge in [-0.25, -0.2) is 4.98 Å². The maximum Gasteiger partial charge on any atom is 0.206 e. The minimum absolute atomic E-state index is 0.271. The number of nitrogens with zero attached hydrogens (tertiary/aromatic N) is 1. The molecule has 2 aromatic rings. The molecule has 0 fully saturated rings. The van der Waals surface area contributed by atoms with Crippen LogP contribution in [0.15, 0.2) is 16.5 Å². The minimum atomic E-state index is 0.271. The predicted octanol–water partition coefficient (Wildman–Crippen LogP) is 2.72. The molecule has 4 nitrogen and oxygen atoms in total. The molecular weight excluding hydrogens is 206 g/mol. The third-order valence-electron chi connectivity index (χ3n) is 2.57. The Morgan fingerprint density at radius 2 is 2.00 bits per heavy atom. The van der Waals surface area contributed by atoms with Gasteiger partial charge < -0.3 is 13.9 Å². The molecule has 0 radical (unpaired) electrons. The Kier molecular flexibility index (Phi) is 2.02. The summed E-state index contributed by atoms with van der Waals surface area (Å²) < 4.78 is 16.8. The fourth-order valence-electron chi connectivity index (χ4n) is 1.76. The molecule has 0 amide bonds. The zero-order chi connectivity index (χ0) is 11.1. The molecule has 1 aliphatic heterocycles. The van der Waals surface area contributed by atoms with Crippen molar-refractivity contribution < 1.29 is 13.9 Å². The number of hydrogen-bond acceptors (Lipinski definition) is 4. The molecule has 0 aliphatic carbocycles. The average Bonchev–Trinajstić information content (AvgIpc) is 2.73. The summed E-state index contributed by atoms with van der Waals surface area (Å²) in [7, 11) is 0. The van der Waals surface area contributed by atoms with E-state index in [2.05, 4.69) is 18.8 Å². The van der Waals surface area contributed by atoms with Gasteiger partial charge in [-0.3, -0.25) is 0 Å². The fraction of sp³-hybridized carbons (Fsp3) is 0.417. The monoisotopic (exact) mass is 219 g/mol. The molecule has 4 heteroatoms. The Morgan fingerprint density at radius 3 is 2.81 bits per heavy atom. The summed E-state index contributed by atoms with van der Waals surface area (Å²) in [5.41, 5.74) is 1.52. The molecule has 0 unspecified atom stereocenters. The number of oxazole rings is 1. The smallest absolute Gasteiger partial charge is 0.206 e. The zero-order valence-electron chi connectivity index (χ0n) is 9.32. The first-order valence-electron chi connectivity index (χ1n) is 5.45. The first-order valence-corrected chi connectivity index (χ1v) is 5.45. The van der Waals surface area contributed by atoms with Crippen LogP contribution in [0, 0.1) is 0 Å². The van der Waals surface area contributed by atoms with Crippen LogP contribution in [-0.2, 0) is 0 Å². The third kappa shape index (κ3) is 1.33. The topological polar surface area (TPSA) is 44.5 Å². The van der Waals surface area contributed by atoms with E-state index in [0.717, 1.165) is 17.2 Å². The second kappa shape index (κ2) is 3.40. The lowest BCUT2D eigenvalue weighted by Gasteiger charge is -2.17. The average molecular weight is 219 g/mol. The van der Waals surface area contributed by atoms with Crippen molar-refractivity contribution in [3.05, 3.63) is 18.0 Å². The Bertz CT molecular complexity index is 530. The first-order chi connectivity index (χ1) is 7.75. The lowest BCUT2D eigenvalue weighted by atomic mass is 10.2. The van der Waals surface area contributed by atoms with Gasteiger partial charge in [0, 0.05) is 5.92 Å². The highest BCUT2D eigenvalue weighted by Gasteiger charge is 2.20. The lowest BCUT2D eigenvalue weighted by Crippen LogP contribution is -2.15. The van der Waals surface area contributed by atoms with E-state index in [1.807, 2.05) is 12.1 Å². The third-order valence-corrected chi connectivity index (χ3v) is 2.57. The predicted molar refractivity (Wildman–Crippen MR) is 59.1 cm³/mol. The van der Waals surface area contributed by atoms with E-state index in [0.29, 0.717) is 24.5 Å². The minimum Gasteiger partial charge on any atom is -0.486 e. The van der Waals surface area contributed by atoms with Crippen LogP contribution in [-0.4, -0.2) is 18.2 Å². The summed E-state index contributed by atoms with van der Waals surface area (Å²) in [6.07, 6.45) is 0. The van der Waals surface area contributed by atoms with Crippen molar-refractivity contribution in [2.45, 2.75) is 19.8 Å². The first kappa shape index (κ1) is 9.51. The van der Waals surface area contributed by atoms with Crippen molar-refractivity contribution in [2.24, 2.45) is 0 Å². The van der Waals surface area contributed by atoms with Crippen LogP contribution in [0.4, 0.5) is 0 Å². The van der Waals surface area contributed by atoms with Gasteiger partial charge >= 0.3 is 0 Å². The summed E-state index contributed by atoms with van der Waals surface area (Å²) in [5.74, 6) is 2.43. The SMILES string of the molecule is CC(C)c1nc2ccc3c(c2o1)OCCO3. The van der Waals surface area contributed by atoms with Crippen LogP contribution < -0.4 is 9.47 Å². The normalized spacial score (nSPS) is 14.7. The maximum atomic E-state index is 5.71. The lowest BCUT2D eigenvalue weighted by molar-refractivity contribution is 0.172. The van der Waals surface area contributed by atoms with Gasteiger partial charge in [-0.05, 0) is 12.1 Å². The fourth-order valence-corrected chi connectivity index (χ4v) is 1.76. The quantitative estimate of drug-likeness (QED) is 0.739. The van der Waals surface area contributed by atoms with E-state index in [-0.39, 0.29) is 5.92 Å². The molecule has 1 aromatic heterocycles. The molecule has 1 aromatic carbocycles. The van der Waals surface area contributed by atoms with E-state index < -0.39 is 0 Å². The largest absolute Gasteiger partial charge is 0.486 e. The zero-order valence-corrected chi connectivity index (χ0v) is 9.32. The van der Waals surface area contributed by atoms with Gasteiger partial charge in [-0.2, -0.15) is 0 Å². The molecule has 16 heavy (non-hydrogen) atoms. The van der Waals surface area contributed by atoms with Gasteiger partial charge in [0.05, 0.1) is 0 Å². The van der Waals surface area contributed by atoms with Gasteiger partial charge in [0.1, 0.15) is 18.7 Å². The molecule has 2 heterocycles. The Labute approximate surface area is 93.2 Å². The number of aromatic nitrogens is 1. The Hall–Kier alpha value is -1.71. The molecule has 0 N–H and O–H groups in total. The number of benzene rings is 1. The van der Waals surface area contributed by atoms with Crippen LogP contribution in [0.25, 0.3) is 11.1 Å². The maximum absolute atomic E-state index is 5.71. The van der Waals surface area contributed by atoms with Gasteiger partial charge in [0.15, 0.2) is 11.6 Å². The van der Waals surface area contributed by atoms with Crippen molar-refractivity contribution in [3.63, 3.8) is 0 Å². The van der Waals surface area contributed by atoms with Crippen LogP contribution in [0.3, 0.4) is 0 Å². The van der Waals surface area contributed by atoms with Gasteiger partial charge in [0.25, 0.3) is 0 Å². The summed E-state index contributed by atoms with van der Waals surface area (Å²) in [6, 6.07) is 3.78. The number of rotatable bonds is 1. The van der Waals surface area contributed by atoms with Crippen LogP contribution >= 0.6 is 0 Å². The molecule has 0 saturated carbocycles. The van der Waals surface area contributed by atoms with Crippen LogP contribution in [0.1, 0.15) is 25.7 Å². The standard InChI is InChI=1S/C12H13NO3/c1-7(2)12-13-8-3-4-9-11(10(8)16-12)15-6-5-14-9/h3-4,7H,5-6H2,1-2H3. The Balaban J connectivity index is 2.22. The van der Waals surface area contributed by atoms with Gasteiger partial charge in [-0.1, -0.05) is 13.8 Å². The highest BCUT2D eigenvalue weighted by atomic mass is 16.6. The van der Waals surface area contributed by atoms with E-state index in [4.69, 9.17) is 13.9 Å². The van der Waals surface area contributed by atoms with Gasteiger partial charge in [0.2, 0.25) is 11.3 Å². The molecule has 0 spiro atoms. The van der Waals surface area contributed by atoms with E-state index in [9.17, 15) is 0 Å². The molecule has 84 valence electrons. The van der Waals surface area contributed by atoms with Crippen molar-refractivity contribution >= 4 is 11.1 Å². The number of fused-ring (bicyclic) bond motifs is 3. The van der Waals surface area contributed by atoms with E-state index in [1.54, 1.807) is 0 Å². The molecule has 0 saturated heterocycles. The number of hydrogen-bond donors (Lipinski definition) is 0. The molecular formula is C12H13NO3. The summed E-state index contributed by atoms with van der Waals surface area (Å²) in [6.45, 7) is 5.25. The van der Waals surface area contributed by atoms with Crippen molar-refractivity contribution in [1.82, 2.24) is 4.98 Å². The van der Waals surface area contributed by atoms with Crippen molar-refractivity contribution in [3.8, 4) is 11.5 Å². The number of ether oxygens (including phenoxy) is 2. The second-order valence-corrected chi connectivity index (χ2v) is 4.14. The van der Waals surface area contributed by atoms with Crippen LogP contribution in [0.5, 0.6) is 11.5 Å². The van der Waals surface area contributed by atoms with Crippen molar-refractivity contribution in [1.29, 1.82) is 0 Å². The molecule has 0 atom stereocenters. The molecule has 0 bridgehead atoms. The Morgan fingerprint density at radius 1 is 1.19 bits per heavy atom. The van der Waals surface area contributed by atoms with E-state index >= 15 is 0 Å². The summed E-state index contributed by atoms with van der Waals surface area (Å²) in [4.78, 5) is 4.42. The highest BCUT2D eigenvalue weighted by molar-refractivity contribution is 5.83.